The van der Waals surface area contributed by atoms with Gasteiger partial charge in [0.1, 0.15) is 0 Å². The quantitative estimate of drug-likeness (QED) is 0.475. The molecule has 1 aromatic rings. The van der Waals surface area contributed by atoms with Crippen LogP contribution in [0.25, 0.3) is 0 Å². The van der Waals surface area contributed by atoms with E-state index < -0.39 is 0 Å². The highest BCUT2D eigenvalue weighted by Crippen LogP contribution is 2.22. The molecule has 0 aliphatic carbocycles. The average molecular weight is 380 g/mol. The standard InChI is InChI=1S/C14H20Br2O2/c1-17-8-9-18-7-6-12(11-15)10-13-4-2-3-5-14(13)16/h2-5,12H,6-11H2,1H3. The zero-order valence-corrected chi connectivity index (χ0v) is 13.9. The van der Waals surface area contributed by atoms with Gasteiger partial charge in [-0.3, -0.25) is 0 Å². The normalized spacial score (nSPS) is 12.6. The number of methoxy groups -OCH3 is 1. The Labute approximate surface area is 126 Å². The van der Waals surface area contributed by atoms with Crippen molar-refractivity contribution >= 4 is 31.9 Å². The maximum atomic E-state index is 5.52. The van der Waals surface area contributed by atoms with Gasteiger partial charge in [-0.1, -0.05) is 50.1 Å². The summed E-state index contributed by atoms with van der Waals surface area (Å²) in [6.45, 7) is 2.15. The van der Waals surface area contributed by atoms with Crippen LogP contribution in [0.15, 0.2) is 28.7 Å². The van der Waals surface area contributed by atoms with Gasteiger partial charge < -0.3 is 9.47 Å². The summed E-state index contributed by atoms with van der Waals surface area (Å²) in [6, 6.07) is 8.40. The van der Waals surface area contributed by atoms with Gasteiger partial charge in [0, 0.05) is 23.5 Å². The van der Waals surface area contributed by atoms with Crippen LogP contribution in [0.3, 0.4) is 0 Å². The van der Waals surface area contributed by atoms with Crippen LogP contribution in [-0.4, -0.2) is 32.3 Å². The summed E-state index contributed by atoms with van der Waals surface area (Å²) >= 11 is 7.18. The number of halogens is 2. The van der Waals surface area contributed by atoms with Gasteiger partial charge in [0.2, 0.25) is 0 Å². The van der Waals surface area contributed by atoms with Gasteiger partial charge in [0.15, 0.2) is 0 Å². The lowest BCUT2D eigenvalue weighted by Gasteiger charge is -2.15. The minimum Gasteiger partial charge on any atom is -0.382 e. The Morgan fingerprint density at radius 3 is 2.61 bits per heavy atom. The van der Waals surface area contributed by atoms with Crippen LogP contribution < -0.4 is 0 Å². The van der Waals surface area contributed by atoms with E-state index in [9.17, 15) is 0 Å². The molecule has 0 aromatic heterocycles. The third kappa shape index (κ3) is 6.32. The summed E-state index contributed by atoms with van der Waals surface area (Å²) in [4.78, 5) is 0. The number of alkyl halides is 1. The van der Waals surface area contributed by atoms with E-state index in [1.165, 1.54) is 10.0 Å². The Bertz CT molecular complexity index is 331. The maximum Gasteiger partial charge on any atom is 0.0700 e. The van der Waals surface area contributed by atoms with Crippen molar-refractivity contribution in [2.45, 2.75) is 12.8 Å². The van der Waals surface area contributed by atoms with Crippen molar-refractivity contribution in [3.8, 4) is 0 Å². The molecule has 1 unspecified atom stereocenters. The topological polar surface area (TPSA) is 18.5 Å². The van der Waals surface area contributed by atoms with Crippen molar-refractivity contribution < 1.29 is 9.47 Å². The van der Waals surface area contributed by atoms with Crippen LogP contribution in [0.5, 0.6) is 0 Å². The molecule has 4 heteroatoms. The Morgan fingerprint density at radius 2 is 1.94 bits per heavy atom. The molecule has 0 aliphatic heterocycles. The molecule has 0 bridgehead atoms. The maximum absolute atomic E-state index is 5.52. The number of ether oxygens (including phenoxy) is 2. The average Bonchev–Trinajstić information content (AvgIpc) is 2.39. The highest BCUT2D eigenvalue weighted by molar-refractivity contribution is 9.10. The summed E-state index contributed by atoms with van der Waals surface area (Å²) in [5.74, 6) is 0.603. The predicted molar refractivity (Wildman–Crippen MR) is 82.4 cm³/mol. The first-order chi connectivity index (χ1) is 8.77. The van der Waals surface area contributed by atoms with Crippen molar-refractivity contribution in [2.75, 3.05) is 32.3 Å². The molecule has 2 nitrogen and oxygen atoms in total. The van der Waals surface area contributed by atoms with Crippen molar-refractivity contribution in [2.24, 2.45) is 5.92 Å². The summed E-state index contributed by atoms with van der Waals surface area (Å²) in [7, 11) is 1.69. The Morgan fingerprint density at radius 1 is 1.17 bits per heavy atom. The van der Waals surface area contributed by atoms with E-state index in [0.29, 0.717) is 19.1 Å². The van der Waals surface area contributed by atoms with Crippen LogP contribution in [0.1, 0.15) is 12.0 Å². The van der Waals surface area contributed by atoms with Gasteiger partial charge in [-0.2, -0.15) is 0 Å². The van der Waals surface area contributed by atoms with Crippen LogP contribution in [0.2, 0.25) is 0 Å². The fraction of sp³-hybridized carbons (Fsp3) is 0.571. The van der Waals surface area contributed by atoms with Crippen LogP contribution in [0, 0.1) is 5.92 Å². The molecule has 102 valence electrons. The largest absolute Gasteiger partial charge is 0.382 e. The highest BCUT2D eigenvalue weighted by atomic mass is 79.9. The van der Waals surface area contributed by atoms with Crippen LogP contribution in [-0.2, 0) is 15.9 Å². The van der Waals surface area contributed by atoms with Crippen molar-refractivity contribution in [1.29, 1.82) is 0 Å². The fourth-order valence-corrected chi connectivity index (χ4v) is 2.70. The predicted octanol–water partition coefficient (Wildman–Crippen LogP) is 4.06. The molecule has 1 rings (SSSR count). The third-order valence-electron chi connectivity index (χ3n) is 2.79. The van der Waals surface area contributed by atoms with Gasteiger partial charge >= 0.3 is 0 Å². The van der Waals surface area contributed by atoms with Crippen molar-refractivity contribution in [3.63, 3.8) is 0 Å². The SMILES string of the molecule is COCCOCCC(CBr)Cc1ccccc1Br. The monoisotopic (exact) mass is 378 g/mol. The lowest BCUT2D eigenvalue weighted by molar-refractivity contribution is 0.0648. The lowest BCUT2D eigenvalue weighted by Crippen LogP contribution is -2.12. The second kappa shape index (κ2) is 9.96. The highest BCUT2D eigenvalue weighted by Gasteiger charge is 2.10. The van der Waals surface area contributed by atoms with E-state index in [-0.39, 0.29) is 0 Å². The summed E-state index contributed by atoms with van der Waals surface area (Å²) in [5.41, 5.74) is 1.36. The molecule has 18 heavy (non-hydrogen) atoms. The first-order valence-electron chi connectivity index (χ1n) is 6.14. The van der Waals surface area contributed by atoms with Crippen molar-refractivity contribution in [1.82, 2.24) is 0 Å². The second-order valence-corrected chi connectivity index (χ2v) is 5.71. The Balaban J connectivity index is 2.31. The number of hydrogen-bond donors (Lipinski definition) is 0. The van der Waals surface area contributed by atoms with Gasteiger partial charge in [-0.15, -0.1) is 0 Å². The number of benzene rings is 1. The first-order valence-corrected chi connectivity index (χ1v) is 8.05. The fourth-order valence-electron chi connectivity index (χ4n) is 1.70. The molecule has 0 radical (unpaired) electrons. The molecule has 0 saturated heterocycles. The smallest absolute Gasteiger partial charge is 0.0700 e. The van der Waals surface area contributed by atoms with Crippen LogP contribution >= 0.6 is 31.9 Å². The summed E-state index contributed by atoms with van der Waals surface area (Å²) in [6.07, 6.45) is 2.14. The zero-order chi connectivity index (χ0) is 13.2. The molecule has 0 amide bonds. The van der Waals surface area contributed by atoms with Gasteiger partial charge in [-0.05, 0) is 30.4 Å². The van der Waals surface area contributed by atoms with Crippen LogP contribution in [0.4, 0.5) is 0 Å². The molecule has 0 aliphatic rings. The molecule has 0 heterocycles. The second-order valence-electron chi connectivity index (χ2n) is 4.21. The number of hydrogen-bond acceptors (Lipinski definition) is 2. The molecular weight excluding hydrogens is 360 g/mol. The van der Waals surface area contributed by atoms with E-state index in [1.54, 1.807) is 7.11 Å². The molecule has 0 spiro atoms. The van der Waals surface area contributed by atoms with Gasteiger partial charge in [0.25, 0.3) is 0 Å². The first kappa shape index (κ1) is 16.2. The number of rotatable bonds is 9. The summed E-state index contributed by atoms with van der Waals surface area (Å²) < 4.78 is 11.7. The molecule has 1 atom stereocenters. The van der Waals surface area contributed by atoms with E-state index in [2.05, 4.69) is 50.1 Å². The third-order valence-corrected chi connectivity index (χ3v) is 4.48. The lowest BCUT2D eigenvalue weighted by atomic mass is 9.98. The Kier molecular flexibility index (Phi) is 8.94. The van der Waals surface area contributed by atoms with E-state index in [4.69, 9.17) is 9.47 Å². The summed E-state index contributed by atoms with van der Waals surface area (Å²) in [5, 5.41) is 1.00. The zero-order valence-electron chi connectivity index (χ0n) is 10.7. The molecule has 0 N–H and O–H groups in total. The minimum atomic E-state index is 0.603. The minimum absolute atomic E-state index is 0.603. The molecule has 0 fully saturated rings. The van der Waals surface area contributed by atoms with E-state index in [0.717, 1.165) is 24.8 Å². The Hall–Kier alpha value is 0.1000. The molecular formula is C14H20Br2O2. The van der Waals surface area contributed by atoms with Gasteiger partial charge in [-0.25, -0.2) is 0 Å². The van der Waals surface area contributed by atoms with Crippen molar-refractivity contribution in [3.05, 3.63) is 34.3 Å². The molecule has 0 saturated carbocycles. The van der Waals surface area contributed by atoms with E-state index in [1.807, 2.05) is 6.07 Å². The van der Waals surface area contributed by atoms with E-state index >= 15 is 0 Å². The molecule has 1 aromatic carbocycles. The van der Waals surface area contributed by atoms with Gasteiger partial charge in [0.05, 0.1) is 13.2 Å².